The molecule has 1 atom stereocenters. The Morgan fingerprint density at radius 2 is 2.07 bits per heavy atom. The Bertz CT molecular complexity index is 960. The number of H-pyrrole nitrogens is 1. The summed E-state index contributed by atoms with van der Waals surface area (Å²) in [5.74, 6) is 1.67. The van der Waals surface area contributed by atoms with Gasteiger partial charge in [-0.1, -0.05) is 18.2 Å². The van der Waals surface area contributed by atoms with E-state index in [1.807, 2.05) is 42.5 Å². The van der Waals surface area contributed by atoms with Gasteiger partial charge < -0.3 is 24.3 Å². The number of benzene rings is 1. The van der Waals surface area contributed by atoms with Gasteiger partial charge in [0.05, 0.1) is 12.3 Å². The van der Waals surface area contributed by atoms with Gasteiger partial charge in [0.15, 0.2) is 11.5 Å². The van der Waals surface area contributed by atoms with E-state index in [1.54, 1.807) is 12.4 Å². The number of rotatable bonds is 7. The smallest absolute Gasteiger partial charge is 0.304 e. The molecule has 2 aromatic rings. The summed E-state index contributed by atoms with van der Waals surface area (Å²) in [4.78, 5) is 18.6. The third kappa shape index (κ3) is 4.68. The Hall–Kier alpha value is -3.48. The molecule has 0 bridgehead atoms. The molecule has 1 aliphatic heterocycles. The number of hydrogen-bond acceptors (Lipinski definition) is 5. The Balaban J connectivity index is 1.41. The number of aromatic nitrogens is 2. The number of nitrogens with zero attached hydrogens (tertiary/aromatic N) is 1. The fourth-order valence-electron chi connectivity index (χ4n) is 3.35. The monoisotopic (exact) mass is 394 g/mol. The molecule has 7 nitrogen and oxygen atoms in total. The van der Waals surface area contributed by atoms with Crippen LogP contribution in [-0.2, 0) is 16.1 Å². The summed E-state index contributed by atoms with van der Waals surface area (Å²) in [6, 6.07) is 5.78. The van der Waals surface area contributed by atoms with E-state index in [9.17, 15) is 9.90 Å². The first-order chi connectivity index (χ1) is 14.2. The molecule has 7 heteroatoms. The molecule has 1 unspecified atom stereocenters. The lowest BCUT2D eigenvalue weighted by Gasteiger charge is -2.19. The minimum absolute atomic E-state index is 0.0307. The summed E-state index contributed by atoms with van der Waals surface area (Å²) in [5.41, 5.74) is 1.89. The van der Waals surface area contributed by atoms with Crippen LogP contribution in [0.4, 0.5) is 0 Å². The average Bonchev–Trinajstić information content (AvgIpc) is 3.16. The molecule has 1 aromatic carbocycles. The van der Waals surface area contributed by atoms with Crippen LogP contribution in [0.2, 0.25) is 0 Å². The lowest BCUT2D eigenvalue weighted by atomic mass is 9.93. The van der Waals surface area contributed by atoms with E-state index >= 15 is 0 Å². The predicted molar refractivity (Wildman–Crippen MR) is 106 cm³/mol. The number of ether oxygens (including phenoxy) is 3. The van der Waals surface area contributed by atoms with Gasteiger partial charge in [-0.2, -0.15) is 0 Å². The second-order valence-electron chi connectivity index (χ2n) is 6.77. The molecule has 0 spiro atoms. The molecular formula is C22H22N2O5. The van der Waals surface area contributed by atoms with Gasteiger partial charge in [-0.25, -0.2) is 4.98 Å². The number of allylic oxidation sites excluding steroid dienone is 5. The molecule has 4 rings (SSSR count). The Morgan fingerprint density at radius 1 is 1.21 bits per heavy atom. The van der Waals surface area contributed by atoms with Crippen LogP contribution in [0.15, 0.2) is 66.2 Å². The summed E-state index contributed by atoms with van der Waals surface area (Å²) < 4.78 is 17.1. The van der Waals surface area contributed by atoms with Crippen molar-refractivity contribution in [3.8, 4) is 11.5 Å². The van der Waals surface area contributed by atoms with Crippen molar-refractivity contribution in [2.75, 3.05) is 13.2 Å². The van der Waals surface area contributed by atoms with Crippen molar-refractivity contribution in [1.29, 1.82) is 0 Å². The van der Waals surface area contributed by atoms with E-state index in [2.05, 4.69) is 9.97 Å². The van der Waals surface area contributed by atoms with Gasteiger partial charge >= 0.3 is 5.97 Å². The van der Waals surface area contributed by atoms with Crippen molar-refractivity contribution in [2.45, 2.75) is 25.4 Å². The molecule has 1 aliphatic carbocycles. The zero-order valence-corrected chi connectivity index (χ0v) is 15.8. The number of aromatic amines is 1. The molecular weight excluding hydrogens is 372 g/mol. The quantitative estimate of drug-likeness (QED) is 0.743. The highest BCUT2D eigenvalue weighted by molar-refractivity contribution is 5.69. The summed E-state index contributed by atoms with van der Waals surface area (Å²) >= 11 is 0. The number of hydrogen-bond donors (Lipinski definition) is 2. The van der Waals surface area contributed by atoms with Gasteiger partial charge in [0.1, 0.15) is 31.4 Å². The third-order valence-electron chi connectivity index (χ3n) is 4.76. The summed E-state index contributed by atoms with van der Waals surface area (Å²) in [5, 5.41) is 9.28. The van der Waals surface area contributed by atoms with E-state index in [1.165, 1.54) is 0 Å². The number of imidazole rings is 1. The van der Waals surface area contributed by atoms with Crippen LogP contribution in [0.1, 0.15) is 30.1 Å². The first-order valence-electron chi connectivity index (χ1n) is 9.50. The Labute approximate surface area is 168 Å². The fraction of sp³-hybridized carbons (Fsp3) is 0.273. The zero-order valence-electron chi connectivity index (χ0n) is 15.8. The highest BCUT2D eigenvalue weighted by atomic mass is 16.6. The molecule has 0 saturated carbocycles. The molecule has 2 aliphatic rings. The van der Waals surface area contributed by atoms with Crippen LogP contribution >= 0.6 is 0 Å². The van der Waals surface area contributed by atoms with E-state index in [-0.39, 0.29) is 12.3 Å². The van der Waals surface area contributed by atoms with Crippen LogP contribution < -0.4 is 9.47 Å². The molecule has 0 saturated heterocycles. The van der Waals surface area contributed by atoms with Crippen molar-refractivity contribution < 1.29 is 24.1 Å². The fourth-order valence-corrected chi connectivity index (χ4v) is 3.35. The molecule has 0 fully saturated rings. The van der Waals surface area contributed by atoms with Crippen molar-refractivity contribution in [3.63, 3.8) is 0 Å². The van der Waals surface area contributed by atoms with E-state index in [4.69, 9.17) is 14.2 Å². The number of nitrogens with one attached hydrogen (secondary N) is 1. The largest absolute Gasteiger partial charge is 0.489 e. The SMILES string of the molecule is O=C(O)CC(C1=CCC=C(OCc2ccc3c(c2)OCCO3)C=C1)c1ncc[nH]1. The first-order valence-corrected chi connectivity index (χ1v) is 9.50. The second kappa shape index (κ2) is 8.68. The topological polar surface area (TPSA) is 93.7 Å². The highest BCUT2D eigenvalue weighted by Gasteiger charge is 2.21. The minimum atomic E-state index is -0.868. The highest BCUT2D eigenvalue weighted by Crippen LogP contribution is 2.32. The van der Waals surface area contributed by atoms with Gasteiger partial charge in [-0.15, -0.1) is 0 Å². The van der Waals surface area contributed by atoms with Crippen LogP contribution in [-0.4, -0.2) is 34.3 Å². The van der Waals surface area contributed by atoms with Crippen molar-refractivity contribution in [1.82, 2.24) is 9.97 Å². The molecule has 0 radical (unpaired) electrons. The maximum atomic E-state index is 11.3. The molecule has 0 amide bonds. The second-order valence-corrected chi connectivity index (χ2v) is 6.77. The predicted octanol–water partition coefficient (Wildman–Crippen LogP) is 3.73. The van der Waals surface area contributed by atoms with Crippen molar-refractivity contribution in [3.05, 3.63) is 77.6 Å². The molecule has 150 valence electrons. The van der Waals surface area contributed by atoms with Gasteiger partial charge in [0.25, 0.3) is 0 Å². The zero-order chi connectivity index (χ0) is 20.1. The van der Waals surface area contributed by atoms with E-state index < -0.39 is 5.97 Å². The van der Waals surface area contributed by atoms with Crippen LogP contribution in [0, 0.1) is 0 Å². The third-order valence-corrected chi connectivity index (χ3v) is 4.76. The summed E-state index contributed by atoms with van der Waals surface area (Å²) in [7, 11) is 0. The van der Waals surface area contributed by atoms with Gasteiger partial charge in [-0.3, -0.25) is 4.79 Å². The summed E-state index contributed by atoms with van der Waals surface area (Å²) in [6.07, 6.45) is 11.7. The number of aliphatic carboxylic acids is 1. The standard InChI is InChI=1S/C22H22N2O5/c25-21(26)13-18(22-23-8-9-24-22)16-2-1-3-17(6-5-16)29-14-15-4-7-19-20(12-15)28-11-10-27-19/h2-9,12,18H,1,10-11,13-14H2,(H,23,24)(H,25,26). The van der Waals surface area contributed by atoms with Crippen molar-refractivity contribution >= 4 is 5.97 Å². The molecule has 29 heavy (non-hydrogen) atoms. The molecule has 2 N–H and O–H groups in total. The number of carbonyl (C=O) groups is 1. The first kappa shape index (κ1) is 18.9. The lowest BCUT2D eigenvalue weighted by molar-refractivity contribution is -0.137. The van der Waals surface area contributed by atoms with E-state index in [0.717, 1.165) is 28.4 Å². The van der Waals surface area contributed by atoms with Gasteiger partial charge in [0.2, 0.25) is 0 Å². The maximum absolute atomic E-state index is 11.3. The number of fused-ring (bicyclic) bond motifs is 1. The Kier molecular flexibility index (Phi) is 5.65. The van der Waals surface area contributed by atoms with E-state index in [0.29, 0.717) is 32.1 Å². The lowest BCUT2D eigenvalue weighted by Crippen LogP contribution is -2.15. The average molecular weight is 394 g/mol. The summed E-state index contributed by atoms with van der Waals surface area (Å²) in [6.45, 7) is 1.52. The minimum Gasteiger partial charge on any atom is -0.489 e. The molecule has 1 aromatic heterocycles. The van der Waals surface area contributed by atoms with Gasteiger partial charge in [-0.05, 0) is 41.8 Å². The number of carboxylic acid groups (broad SMARTS) is 1. The van der Waals surface area contributed by atoms with Crippen LogP contribution in [0.3, 0.4) is 0 Å². The van der Waals surface area contributed by atoms with Crippen molar-refractivity contribution in [2.24, 2.45) is 0 Å². The van der Waals surface area contributed by atoms with Crippen LogP contribution in [0.5, 0.6) is 11.5 Å². The normalized spacial score (nSPS) is 16.4. The van der Waals surface area contributed by atoms with Crippen LogP contribution in [0.25, 0.3) is 0 Å². The molecule has 2 heterocycles. The maximum Gasteiger partial charge on any atom is 0.304 e. The number of carboxylic acids is 1. The Morgan fingerprint density at radius 3 is 2.86 bits per heavy atom. The van der Waals surface area contributed by atoms with Gasteiger partial charge in [0, 0.05) is 12.4 Å².